The molecule has 0 radical (unpaired) electrons. The minimum atomic E-state index is -2.94. The van der Waals surface area contributed by atoms with Gasteiger partial charge in [0.15, 0.2) is 0 Å². The number of aliphatic hydroxyl groups is 1. The predicted molar refractivity (Wildman–Crippen MR) is 145 cm³/mol. The van der Waals surface area contributed by atoms with Crippen molar-refractivity contribution >= 4 is 17.6 Å². The van der Waals surface area contributed by atoms with Gasteiger partial charge >= 0.3 is 6.61 Å². The van der Waals surface area contributed by atoms with Crippen LogP contribution < -0.4 is 15.8 Å². The standard InChI is InChI=1S/C30H32F4N4O2/c1-16(15-36-27(35)29(39)8-10-30(33,34)11-9-29)18-6-7-19-13-23-21-14-24(38(23)22(19)12-18)26-20(17(2)37-21)4-3-5-25(26)40-28(31)32/h3-5,12-13,15,21,24,28,37,39H,2,6-11,14H2,1H3,(H2,35,36)/b16-15+/t21?,24-/m0/s1. The minimum absolute atomic E-state index is 0.0172. The highest BCUT2D eigenvalue weighted by atomic mass is 19.3. The van der Waals surface area contributed by atoms with Crippen molar-refractivity contribution in [3.8, 4) is 5.75 Å². The van der Waals surface area contributed by atoms with Crippen molar-refractivity contribution in [1.29, 1.82) is 0 Å². The quantitative estimate of drug-likeness (QED) is 0.232. The number of fused-ring (bicyclic) bond motifs is 9. The number of amidine groups is 1. The van der Waals surface area contributed by atoms with Gasteiger partial charge in [0.25, 0.3) is 0 Å². The van der Waals surface area contributed by atoms with E-state index >= 15 is 0 Å². The summed E-state index contributed by atoms with van der Waals surface area (Å²) in [5, 5.41) is 14.3. The molecule has 3 heterocycles. The molecule has 2 aliphatic carbocycles. The van der Waals surface area contributed by atoms with Crippen LogP contribution in [0.1, 0.15) is 85.6 Å². The summed E-state index contributed by atoms with van der Waals surface area (Å²) in [6, 6.07) is 7.09. The van der Waals surface area contributed by atoms with Crippen LogP contribution in [0.3, 0.4) is 0 Å². The van der Waals surface area contributed by atoms with E-state index < -0.39 is 31.0 Å². The molecule has 1 unspecified atom stereocenters. The third-order valence-corrected chi connectivity index (χ3v) is 8.77. The number of aromatic nitrogens is 1. The first-order valence-corrected chi connectivity index (χ1v) is 13.5. The molecule has 2 aromatic rings. The summed E-state index contributed by atoms with van der Waals surface area (Å²) < 4.78 is 61.0. The highest BCUT2D eigenvalue weighted by Crippen LogP contribution is 2.51. The van der Waals surface area contributed by atoms with Crippen LogP contribution in [0.5, 0.6) is 5.75 Å². The van der Waals surface area contributed by atoms with Crippen molar-refractivity contribution < 1.29 is 27.4 Å². The lowest BCUT2D eigenvalue weighted by Crippen LogP contribution is -2.48. The number of ether oxygens (including phenoxy) is 1. The normalized spacial score (nSPS) is 25.0. The van der Waals surface area contributed by atoms with Gasteiger partial charge in [-0.15, -0.1) is 0 Å². The zero-order valence-electron chi connectivity index (χ0n) is 22.2. The predicted octanol–water partition coefficient (Wildman–Crippen LogP) is 6.23. The highest BCUT2D eigenvalue weighted by molar-refractivity contribution is 5.89. The van der Waals surface area contributed by atoms with Crippen molar-refractivity contribution in [1.82, 2.24) is 9.88 Å². The SMILES string of the molecule is C=C1NC2C[C@@H](c3c(OC(F)F)cccc31)n1c2cc2c1C=C(/C(C)=C/N=C(N)C1(O)CCC(F)(F)CC1)CC2. The summed E-state index contributed by atoms with van der Waals surface area (Å²) in [4.78, 5) is 4.28. The molecular weight excluding hydrogens is 524 g/mol. The Morgan fingerprint density at radius 3 is 2.73 bits per heavy atom. The molecule has 0 spiro atoms. The summed E-state index contributed by atoms with van der Waals surface area (Å²) >= 11 is 0. The van der Waals surface area contributed by atoms with E-state index in [1.165, 1.54) is 5.56 Å². The van der Waals surface area contributed by atoms with Crippen LogP contribution in [0.15, 0.2) is 53.2 Å². The van der Waals surface area contributed by atoms with Crippen LogP contribution in [-0.4, -0.2) is 33.6 Å². The van der Waals surface area contributed by atoms with E-state index in [4.69, 9.17) is 10.5 Å². The van der Waals surface area contributed by atoms with E-state index in [0.29, 0.717) is 17.7 Å². The average Bonchev–Trinajstić information content (AvgIpc) is 3.40. The Morgan fingerprint density at radius 1 is 1.25 bits per heavy atom. The number of aryl methyl sites for hydroxylation is 1. The van der Waals surface area contributed by atoms with Gasteiger partial charge in [0.05, 0.1) is 12.1 Å². The second-order valence-electron chi connectivity index (χ2n) is 11.3. The average molecular weight is 557 g/mol. The lowest BCUT2D eigenvalue weighted by Gasteiger charge is -2.35. The molecule has 2 atom stereocenters. The van der Waals surface area contributed by atoms with E-state index in [-0.39, 0.29) is 36.5 Å². The van der Waals surface area contributed by atoms with Gasteiger partial charge in [0.1, 0.15) is 17.2 Å². The number of rotatable bonds is 5. The molecule has 4 N–H and O–H groups in total. The maximum atomic E-state index is 13.6. The molecule has 2 bridgehead atoms. The van der Waals surface area contributed by atoms with Crippen molar-refractivity contribution in [2.75, 3.05) is 0 Å². The summed E-state index contributed by atoms with van der Waals surface area (Å²) in [7, 11) is 0. The van der Waals surface area contributed by atoms with E-state index in [1.54, 1.807) is 18.3 Å². The first-order chi connectivity index (χ1) is 19.0. The van der Waals surface area contributed by atoms with Crippen LogP contribution in [0.2, 0.25) is 0 Å². The number of aliphatic imine (C=N–C) groups is 1. The fourth-order valence-corrected chi connectivity index (χ4v) is 6.53. The smallest absolute Gasteiger partial charge is 0.387 e. The molecule has 6 nitrogen and oxygen atoms in total. The number of allylic oxidation sites excluding steroid dienone is 2. The molecule has 0 saturated heterocycles. The van der Waals surface area contributed by atoms with Crippen molar-refractivity contribution in [3.05, 3.63) is 76.3 Å². The molecule has 1 aromatic heterocycles. The molecule has 212 valence electrons. The molecule has 1 saturated carbocycles. The van der Waals surface area contributed by atoms with Gasteiger partial charge in [-0.25, -0.2) is 13.8 Å². The van der Waals surface area contributed by atoms with Gasteiger partial charge in [-0.3, -0.25) is 0 Å². The number of nitrogens with zero attached hydrogens (tertiary/aromatic N) is 2. The molecule has 2 aliphatic heterocycles. The number of hydrogen-bond donors (Lipinski definition) is 3. The molecule has 40 heavy (non-hydrogen) atoms. The zero-order valence-corrected chi connectivity index (χ0v) is 22.2. The van der Waals surface area contributed by atoms with E-state index in [9.17, 15) is 22.7 Å². The monoisotopic (exact) mass is 556 g/mol. The summed E-state index contributed by atoms with van der Waals surface area (Å²) in [6.45, 7) is 3.12. The first-order valence-electron chi connectivity index (χ1n) is 13.5. The fourth-order valence-electron chi connectivity index (χ4n) is 6.53. The van der Waals surface area contributed by atoms with Gasteiger partial charge in [-0.2, -0.15) is 8.78 Å². The van der Waals surface area contributed by atoms with Crippen LogP contribution in [0.25, 0.3) is 11.8 Å². The second kappa shape index (κ2) is 9.54. The number of hydrogen-bond acceptors (Lipinski definition) is 4. The minimum Gasteiger partial charge on any atom is -0.434 e. The van der Waals surface area contributed by atoms with Gasteiger partial charge in [-0.1, -0.05) is 18.7 Å². The molecule has 10 heteroatoms. The van der Waals surface area contributed by atoms with E-state index in [2.05, 4.69) is 33.6 Å². The van der Waals surface area contributed by atoms with Crippen LogP contribution in [0.4, 0.5) is 17.6 Å². The van der Waals surface area contributed by atoms with Crippen molar-refractivity contribution in [3.63, 3.8) is 0 Å². The van der Waals surface area contributed by atoms with E-state index in [1.807, 2.05) is 13.0 Å². The highest BCUT2D eigenvalue weighted by Gasteiger charge is 2.44. The summed E-state index contributed by atoms with van der Waals surface area (Å²) in [5.74, 6) is -2.69. The lowest BCUT2D eigenvalue weighted by atomic mass is 9.82. The van der Waals surface area contributed by atoms with E-state index in [0.717, 1.165) is 40.9 Å². The summed E-state index contributed by atoms with van der Waals surface area (Å²) in [5.41, 5.74) is 11.8. The fraction of sp³-hybridized carbons (Fsp3) is 0.433. The number of alkyl halides is 4. The van der Waals surface area contributed by atoms with Gasteiger partial charge in [-0.05, 0) is 73.9 Å². The van der Waals surface area contributed by atoms with Gasteiger partial charge in [0, 0.05) is 47.3 Å². The van der Waals surface area contributed by atoms with Gasteiger partial charge in [0.2, 0.25) is 5.92 Å². The first kappa shape index (κ1) is 26.7. The Morgan fingerprint density at radius 2 is 2.00 bits per heavy atom. The topological polar surface area (TPSA) is 84.8 Å². The van der Waals surface area contributed by atoms with Crippen LogP contribution in [0, 0.1) is 0 Å². The Kier molecular flexibility index (Phi) is 6.36. The van der Waals surface area contributed by atoms with Gasteiger partial charge < -0.3 is 25.5 Å². The Balaban J connectivity index is 1.34. The maximum Gasteiger partial charge on any atom is 0.387 e. The largest absolute Gasteiger partial charge is 0.434 e. The lowest BCUT2D eigenvalue weighted by molar-refractivity contribution is -0.0793. The third kappa shape index (κ3) is 4.52. The number of benzene rings is 1. The molecule has 4 aliphatic rings. The molecule has 0 amide bonds. The third-order valence-electron chi connectivity index (χ3n) is 8.77. The van der Waals surface area contributed by atoms with Crippen molar-refractivity contribution in [2.24, 2.45) is 10.7 Å². The second-order valence-corrected chi connectivity index (χ2v) is 11.3. The molecule has 1 aromatic carbocycles. The number of nitrogens with two attached hydrogens (primary N) is 1. The van der Waals surface area contributed by atoms with Crippen molar-refractivity contribution in [2.45, 2.75) is 82.1 Å². The zero-order chi connectivity index (χ0) is 28.4. The Bertz CT molecular complexity index is 1460. The van der Waals surface area contributed by atoms with Crippen LogP contribution in [-0.2, 0) is 6.42 Å². The number of nitrogens with one attached hydrogen (secondary N) is 1. The van der Waals surface area contributed by atoms with Crippen LogP contribution >= 0.6 is 0 Å². The maximum absolute atomic E-state index is 13.6. The Hall–Kier alpha value is -3.53. The Labute approximate surface area is 229 Å². The molecule has 6 rings (SSSR count). The summed E-state index contributed by atoms with van der Waals surface area (Å²) in [6.07, 6.45) is 4.79. The molecule has 1 fully saturated rings. The number of halogens is 4. The molecular formula is C30H32F4N4O2.